The number of aryl methyl sites for hydroxylation is 1. The van der Waals surface area contributed by atoms with Crippen molar-refractivity contribution < 1.29 is 19.1 Å². The zero-order valence-electron chi connectivity index (χ0n) is 15.6. The van der Waals surface area contributed by atoms with Gasteiger partial charge in [0, 0.05) is 24.4 Å². The predicted octanol–water partition coefficient (Wildman–Crippen LogP) is 3.54. The Morgan fingerprint density at radius 3 is 2.56 bits per heavy atom. The topological polar surface area (TPSA) is 63.7 Å². The Balaban J connectivity index is 1.48. The Bertz CT molecular complexity index is 857. The molecule has 0 spiro atoms. The highest BCUT2D eigenvalue weighted by Gasteiger charge is 2.27. The van der Waals surface area contributed by atoms with E-state index in [9.17, 15) is 14.4 Å². The van der Waals surface area contributed by atoms with Crippen LogP contribution in [0.25, 0.3) is 0 Å². The van der Waals surface area contributed by atoms with Gasteiger partial charge in [-0.25, -0.2) is 0 Å². The van der Waals surface area contributed by atoms with E-state index in [0.717, 1.165) is 16.9 Å². The van der Waals surface area contributed by atoms with Gasteiger partial charge in [0.05, 0.1) is 11.3 Å². The lowest BCUT2D eigenvalue weighted by Gasteiger charge is -2.30. The number of carbonyl (C=O) groups is 3. The molecule has 0 N–H and O–H groups in total. The molecule has 1 aromatic carbocycles. The van der Waals surface area contributed by atoms with E-state index in [-0.39, 0.29) is 24.5 Å². The van der Waals surface area contributed by atoms with Crippen LogP contribution in [0.15, 0.2) is 36.4 Å². The maximum Gasteiger partial charge on any atom is 0.307 e. The smallest absolute Gasteiger partial charge is 0.307 e. The van der Waals surface area contributed by atoms with E-state index in [1.807, 2.05) is 31.2 Å². The minimum Gasteiger partial charge on any atom is -0.453 e. The third kappa shape index (κ3) is 4.83. The lowest BCUT2D eigenvalue weighted by molar-refractivity contribution is -0.159. The van der Waals surface area contributed by atoms with E-state index in [1.54, 1.807) is 17.9 Å². The zero-order valence-corrected chi connectivity index (χ0v) is 16.4. The lowest BCUT2D eigenvalue weighted by atomic mass is 9.99. The summed E-state index contributed by atoms with van der Waals surface area (Å²) in [6.07, 6.45) is 0.0338. The number of esters is 1. The Morgan fingerprint density at radius 2 is 1.85 bits per heavy atom. The maximum atomic E-state index is 12.6. The number of thiophene rings is 1. The normalized spacial score (nSPS) is 14.4. The van der Waals surface area contributed by atoms with Crippen LogP contribution in [-0.4, -0.2) is 35.2 Å². The van der Waals surface area contributed by atoms with Gasteiger partial charge in [-0.3, -0.25) is 14.4 Å². The minimum atomic E-state index is -0.846. The Labute approximate surface area is 162 Å². The van der Waals surface area contributed by atoms with Gasteiger partial charge in [-0.1, -0.05) is 24.3 Å². The van der Waals surface area contributed by atoms with Gasteiger partial charge in [-0.05, 0) is 43.5 Å². The second-order valence-electron chi connectivity index (χ2n) is 6.74. The van der Waals surface area contributed by atoms with Crippen molar-refractivity contribution in [3.8, 4) is 0 Å². The third-order valence-electron chi connectivity index (χ3n) is 4.67. The molecule has 2 aromatic rings. The van der Waals surface area contributed by atoms with Crippen LogP contribution in [0, 0.1) is 6.92 Å². The Hall–Kier alpha value is -2.47. The molecule has 0 radical (unpaired) electrons. The number of hydrogen-bond acceptors (Lipinski definition) is 5. The van der Waals surface area contributed by atoms with Crippen LogP contribution in [0.5, 0.6) is 0 Å². The molecule has 2 heterocycles. The average Bonchev–Trinajstić information content (AvgIpc) is 3.11. The number of fused-ring (bicyclic) bond motifs is 1. The fourth-order valence-electron chi connectivity index (χ4n) is 3.17. The number of benzene rings is 1. The summed E-state index contributed by atoms with van der Waals surface area (Å²) >= 11 is 1.42. The summed E-state index contributed by atoms with van der Waals surface area (Å²) in [6, 6.07) is 11.7. The van der Waals surface area contributed by atoms with Gasteiger partial charge >= 0.3 is 5.97 Å². The first-order valence-corrected chi connectivity index (χ1v) is 9.90. The fraction of sp³-hybridized carbons (Fsp3) is 0.381. The molecule has 0 aliphatic carbocycles. The maximum absolute atomic E-state index is 12.6. The minimum absolute atomic E-state index is 0.0176. The van der Waals surface area contributed by atoms with Gasteiger partial charge in [0.15, 0.2) is 11.9 Å². The van der Waals surface area contributed by atoms with Crippen molar-refractivity contribution in [2.75, 3.05) is 6.54 Å². The van der Waals surface area contributed by atoms with Crippen molar-refractivity contribution in [1.29, 1.82) is 0 Å². The molecule has 0 fully saturated rings. The first-order valence-electron chi connectivity index (χ1n) is 9.08. The Morgan fingerprint density at radius 1 is 1.11 bits per heavy atom. The van der Waals surface area contributed by atoms with Crippen LogP contribution in [0.3, 0.4) is 0 Å². The van der Waals surface area contributed by atoms with Crippen molar-refractivity contribution in [2.45, 2.75) is 45.8 Å². The van der Waals surface area contributed by atoms with Crippen LogP contribution in [0.2, 0.25) is 0 Å². The standard InChI is InChI=1S/C21H23NO4S/c1-14-7-9-19(27-14)18(23)8-10-20(24)26-15(2)21(25)22-12-11-16-5-3-4-6-17(16)13-22/h3-7,9,15H,8,10-13H2,1-2H3/t15-/m1/s1. The van der Waals surface area contributed by atoms with Crippen LogP contribution in [-0.2, 0) is 27.3 Å². The molecule has 1 aliphatic rings. The van der Waals surface area contributed by atoms with E-state index in [4.69, 9.17) is 4.74 Å². The van der Waals surface area contributed by atoms with Gasteiger partial charge in [0.25, 0.3) is 5.91 Å². The first kappa shape index (κ1) is 19.3. The quantitative estimate of drug-likeness (QED) is 0.564. The lowest BCUT2D eigenvalue weighted by Crippen LogP contribution is -2.42. The molecule has 1 amide bonds. The molecule has 142 valence electrons. The molecule has 1 aliphatic heterocycles. The number of hydrogen-bond donors (Lipinski definition) is 0. The van der Waals surface area contributed by atoms with Crippen LogP contribution in [0.4, 0.5) is 0 Å². The van der Waals surface area contributed by atoms with E-state index in [2.05, 4.69) is 6.07 Å². The Kier molecular flexibility index (Phi) is 6.06. The highest BCUT2D eigenvalue weighted by Crippen LogP contribution is 2.20. The molecule has 3 rings (SSSR count). The molecular weight excluding hydrogens is 362 g/mol. The summed E-state index contributed by atoms with van der Waals surface area (Å²) in [5, 5.41) is 0. The van der Waals surface area contributed by atoms with Gasteiger partial charge in [0.2, 0.25) is 0 Å². The van der Waals surface area contributed by atoms with E-state index in [1.165, 1.54) is 16.9 Å². The summed E-state index contributed by atoms with van der Waals surface area (Å²) in [6.45, 7) is 4.67. The second kappa shape index (κ2) is 8.48. The van der Waals surface area contributed by atoms with E-state index < -0.39 is 12.1 Å². The second-order valence-corrected chi connectivity index (χ2v) is 8.03. The predicted molar refractivity (Wildman–Crippen MR) is 104 cm³/mol. The number of Topliss-reactive ketones (excluding diaryl/α,β-unsaturated/α-hetero) is 1. The van der Waals surface area contributed by atoms with Crippen LogP contribution in [0.1, 0.15) is 45.4 Å². The van der Waals surface area contributed by atoms with Crippen LogP contribution >= 0.6 is 11.3 Å². The molecule has 1 atom stereocenters. The van der Waals surface area contributed by atoms with Crippen molar-refractivity contribution in [2.24, 2.45) is 0 Å². The summed E-state index contributed by atoms with van der Waals surface area (Å²) in [7, 11) is 0. The fourth-order valence-corrected chi connectivity index (χ4v) is 4.01. The number of ketones is 1. The number of ether oxygens (including phenoxy) is 1. The van der Waals surface area contributed by atoms with Crippen molar-refractivity contribution in [3.05, 3.63) is 57.3 Å². The van der Waals surface area contributed by atoms with E-state index >= 15 is 0 Å². The summed E-state index contributed by atoms with van der Waals surface area (Å²) in [4.78, 5) is 40.1. The summed E-state index contributed by atoms with van der Waals surface area (Å²) in [5.74, 6) is -0.787. The molecule has 6 heteroatoms. The summed E-state index contributed by atoms with van der Waals surface area (Å²) < 4.78 is 5.27. The number of carbonyl (C=O) groups excluding carboxylic acids is 3. The highest BCUT2D eigenvalue weighted by atomic mass is 32.1. The van der Waals surface area contributed by atoms with Crippen molar-refractivity contribution >= 4 is 29.0 Å². The van der Waals surface area contributed by atoms with Gasteiger partial charge in [-0.15, -0.1) is 11.3 Å². The molecule has 0 saturated carbocycles. The van der Waals surface area contributed by atoms with Crippen molar-refractivity contribution in [3.63, 3.8) is 0 Å². The number of amides is 1. The van der Waals surface area contributed by atoms with Gasteiger partial charge in [0.1, 0.15) is 0 Å². The zero-order chi connectivity index (χ0) is 19.4. The molecule has 0 saturated heterocycles. The van der Waals surface area contributed by atoms with E-state index in [0.29, 0.717) is 18.0 Å². The number of nitrogens with zero attached hydrogens (tertiary/aromatic N) is 1. The number of rotatable bonds is 6. The molecule has 0 bridgehead atoms. The van der Waals surface area contributed by atoms with Gasteiger partial charge < -0.3 is 9.64 Å². The van der Waals surface area contributed by atoms with Crippen molar-refractivity contribution in [1.82, 2.24) is 4.90 Å². The van der Waals surface area contributed by atoms with Crippen LogP contribution < -0.4 is 0 Å². The average molecular weight is 385 g/mol. The molecular formula is C21H23NO4S. The summed E-state index contributed by atoms with van der Waals surface area (Å²) in [5.41, 5.74) is 2.39. The first-order chi connectivity index (χ1) is 12.9. The third-order valence-corrected chi connectivity index (χ3v) is 5.71. The molecule has 27 heavy (non-hydrogen) atoms. The molecule has 0 unspecified atom stereocenters. The molecule has 1 aromatic heterocycles. The molecule has 5 nitrogen and oxygen atoms in total. The highest BCUT2D eigenvalue weighted by molar-refractivity contribution is 7.14. The largest absolute Gasteiger partial charge is 0.453 e. The SMILES string of the molecule is Cc1ccc(C(=O)CCC(=O)O[C@H](C)C(=O)N2CCc3ccccc3C2)s1. The monoisotopic (exact) mass is 385 g/mol. The van der Waals surface area contributed by atoms with Gasteiger partial charge in [-0.2, -0.15) is 0 Å².